The highest BCUT2D eigenvalue weighted by Gasteiger charge is 2.15. The first-order valence-electron chi connectivity index (χ1n) is 6.73. The molecule has 0 unspecified atom stereocenters. The van der Waals surface area contributed by atoms with Crippen LogP contribution in [0.25, 0.3) is 10.8 Å². The van der Waals surface area contributed by atoms with Crippen molar-refractivity contribution < 1.29 is 9.53 Å². The third kappa shape index (κ3) is 3.98. The van der Waals surface area contributed by atoms with Crippen LogP contribution in [-0.4, -0.2) is 18.2 Å². The van der Waals surface area contributed by atoms with E-state index in [1.165, 1.54) is 10.8 Å². The number of amides is 1. The van der Waals surface area contributed by atoms with Crippen molar-refractivity contribution in [2.75, 3.05) is 6.54 Å². The minimum Gasteiger partial charge on any atom is -0.444 e. The lowest BCUT2D eigenvalue weighted by molar-refractivity contribution is 0.0532. The monoisotopic (exact) mass is 270 g/mol. The SMILES string of the molecule is CC(C)(C)OC(=O)NC[CH]c1cccc2ccccc12. The van der Waals surface area contributed by atoms with E-state index < -0.39 is 11.7 Å². The molecule has 0 aliphatic carbocycles. The molecule has 0 bridgehead atoms. The maximum absolute atomic E-state index is 11.6. The Kier molecular flexibility index (Phi) is 4.28. The number of hydrogen-bond acceptors (Lipinski definition) is 2. The van der Waals surface area contributed by atoms with E-state index in [1.54, 1.807) is 0 Å². The summed E-state index contributed by atoms with van der Waals surface area (Å²) in [5.41, 5.74) is 0.642. The van der Waals surface area contributed by atoms with E-state index in [0.717, 1.165) is 5.56 Å². The van der Waals surface area contributed by atoms with Gasteiger partial charge in [-0.25, -0.2) is 4.79 Å². The molecule has 0 heterocycles. The molecule has 0 aromatic heterocycles. The van der Waals surface area contributed by atoms with Crippen LogP contribution in [0.2, 0.25) is 0 Å². The number of alkyl carbamates (subject to hydrolysis) is 1. The molecule has 3 heteroatoms. The average molecular weight is 270 g/mol. The molecule has 2 aromatic carbocycles. The van der Waals surface area contributed by atoms with Gasteiger partial charge in [-0.3, -0.25) is 0 Å². The van der Waals surface area contributed by atoms with Gasteiger partial charge in [0, 0.05) is 13.0 Å². The molecular weight excluding hydrogens is 250 g/mol. The number of fused-ring (bicyclic) bond motifs is 1. The molecule has 0 fully saturated rings. The highest BCUT2D eigenvalue weighted by atomic mass is 16.6. The van der Waals surface area contributed by atoms with Crippen LogP contribution < -0.4 is 5.32 Å². The van der Waals surface area contributed by atoms with E-state index in [1.807, 2.05) is 51.5 Å². The Balaban J connectivity index is 1.95. The summed E-state index contributed by atoms with van der Waals surface area (Å²) in [7, 11) is 0. The van der Waals surface area contributed by atoms with Crippen molar-refractivity contribution >= 4 is 16.9 Å². The molecule has 2 rings (SSSR count). The standard InChI is InChI=1S/C17H20NO2/c1-17(2,3)20-16(19)18-12-11-14-9-6-8-13-7-4-5-10-15(13)14/h4-11H,12H2,1-3H3,(H,18,19). The molecule has 0 spiro atoms. The van der Waals surface area contributed by atoms with Crippen molar-refractivity contribution in [3.8, 4) is 0 Å². The molecule has 0 aliphatic rings. The third-order valence-corrected chi connectivity index (χ3v) is 2.79. The largest absolute Gasteiger partial charge is 0.444 e. The fourth-order valence-electron chi connectivity index (χ4n) is 1.99. The van der Waals surface area contributed by atoms with Gasteiger partial charge in [0.05, 0.1) is 0 Å². The Bertz CT molecular complexity index is 594. The number of benzene rings is 2. The minimum atomic E-state index is -0.469. The summed E-state index contributed by atoms with van der Waals surface area (Å²) in [4.78, 5) is 11.6. The molecule has 0 saturated carbocycles. The van der Waals surface area contributed by atoms with Gasteiger partial charge in [0.1, 0.15) is 5.60 Å². The van der Waals surface area contributed by atoms with Crippen molar-refractivity contribution in [1.29, 1.82) is 0 Å². The van der Waals surface area contributed by atoms with E-state index in [2.05, 4.69) is 23.5 Å². The van der Waals surface area contributed by atoms with Gasteiger partial charge in [0.25, 0.3) is 0 Å². The molecule has 3 nitrogen and oxygen atoms in total. The average Bonchev–Trinajstić information content (AvgIpc) is 2.37. The number of hydrogen-bond donors (Lipinski definition) is 1. The van der Waals surface area contributed by atoms with Crippen LogP contribution in [0.5, 0.6) is 0 Å². The number of rotatable bonds is 3. The fourth-order valence-corrected chi connectivity index (χ4v) is 1.99. The van der Waals surface area contributed by atoms with Gasteiger partial charge in [-0.2, -0.15) is 0 Å². The smallest absolute Gasteiger partial charge is 0.407 e. The first kappa shape index (κ1) is 14.4. The number of nitrogens with one attached hydrogen (secondary N) is 1. The summed E-state index contributed by atoms with van der Waals surface area (Å²) < 4.78 is 5.19. The zero-order valence-corrected chi connectivity index (χ0v) is 12.1. The molecule has 0 atom stereocenters. The van der Waals surface area contributed by atoms with E-state index in [4.69, 9.17) is 4.74 Å². The first-order valence-corrected chi connectivity index (χ1v) is 6.73. The normalized spacial score (nSPS) is 11.3. The summed E-state index contributed by atoms with van der Waals surface area (Å²) in [5, 5.41) is 5.11. The minimum absolute atomic E-state index is 0.394. The zero-order valence-electron chi connectivity index (χ0n) is 12.1. The lowest BCUT2D eigenvalue weighted by atomic mass is 10.0. The topological polar surface area (TPSA) is 38.3 Å². The quantitative estimate of drug-likeness (QED) is 0.918. The number of ether oxygens (including phenoxy) is 1. The molecule has 1 N–H and O–H groups in total. The summed E-state index contributed by atoms with van der Waals surface area (Å²) in [6.07, 6.45) is 1.60. The lowest BCUT2D eigenvalue weighted by Crippen LogP contribution is -2.33. The molecule has 105 valence electrons. The molecule has 2 aromatic rings. The van der Waals surface area contributed by atoms with Crippen LogP contribution in [0, 0.1) is 6.42 Å². The summed E-state index contributed by atoms with van der Waals surface area (Å²) in [5.74, 6) is 0. The van der Waals surface area contributed by atoms with Crippen LogP contribution in [0.3, 0.4) is 0 Å². The fraction of sp³-hybridized carbons (Fsp3) is 0.294. The molecule has 20 heavy (non-hydrogen) atoms. The predicted octanol–water partition coefficient (Wildman–Crippen LogP) is 3.92. The van der Waals surface area contributed by atoms with Crippen LogP contribution in [0.1, 0.15) is 26.3 Å². The summed E-state index contributed by atoms with van der Waals surface area (Å²) >= 11 is 0. The Morgan fingerprint density at radius 2 is 1.85 bits per heavy atom. The van der Waals surface area contributed by atoms with Gasteiger partial charge in [0.15, 0.2) is 0 Å². The van der Waals surface area contributed by atoms with Crippen molar-refractivity contribution in [1.82, 2.24) is 5.32 Å². The van der Waals surface area contributed by atoms with Gasteiger partial charge in [-0.15, -0.1) is 0 Å². The lowest BCUT2D eigenvalue weighted by Gasteiger charge is -2.19. The number of carbonyl (C=O) groups is 1. The maximum atomic E-state index is 11.6. The highest BCUT2D eigenvalue weighted by molar-refractivity contribution is 5.86. The molecular formula is C17H20NO2. The predicted molar refractivity (Wildman–Crippen MR) is 81.6 cm³/mol. The molecule has 0 aliphatic heterocycles. The van der Waals surface area contributed by atoms with E-state index in [9.17, 15) is 4.79 Å². The van der Waals surface area contributed by atoms with E-state index in [-0.39, 0.29) is 0 Å². The van der Waals surface area contributed by atoms with Crippen molar-refractivity contribution in [2.45, 2.75) is 26.4 Å². The van der Waals surface area contributed by atoms with E-state index >= 15 is 0 Å². The summed E-state index contributed by atoms with van der Waals surface area (Å²) in [6.45, 7) is 5.99. The first-order chi connectivity index (χ1) is 9.46. The van der Waals surface area contributed by atoms with Crippen molar-refractivity contribution in [3.63, 3.8) is 0 Å². The van der Waals surface area contributed by atoms with Crippen molar-refractivity contribution in [2.24, 2.45) is 0 Å². The van der Waals surface area contributed by atoms with Gasteiger partial charge < -0.3 is 10.1 Å². The second kappa shape index (κ2) is 5.95. The second-order valence-electron chi connectivity index (χ2n) is 5.66. The van der Waals surface area contributed by atoms with Crippen LogP contribution in [0.4, 0.5) is 4.79 Å². The molecule has 1 amide bonds. The Morgan fingerprint density at radius 3 is 2.60 bits per heavy atom. The second-order valence-corrected chi connectivity index (χ2v) is 5.66. The maximum Gasteiger partial charge on any atom is 0.407 e. The number of carbonyl (C=O) groups excluding carboxylic acids is 1. The molecule has 1 radical (unpaired) electrons. The van der Waals surface area contributed by atoms with Gasteiger partial charge >= 0.3 is 6.09 Å². The Morgan fingerprint density at radius 1 is 1.15 bits per heavy atom. The highest BCUT2D eigenvalue weighted by Crippen LogP contribution is 2.19. The summed E-state index contributed by atoms with van der Waals surface area (Å²) in [6, 6.07) is 14.3. The van der Waals surface area contributed by atoms with Crippen LogP contribution in [-0.2, 0) is 4.74 Å². The van der Waals surface area contributed by atoms with Crippen LogP contribution in [0.15, 0.2) is 42.5 Å². The Hall–Kier alpha value is -2.03. The third-order valence-electron chi connectivity index (χ3n) is 2.79. The zero-order chi connectivity index (χ0) is 14.6. The van der Waals surface area contributed by atoms with Gasteiger partial charge in [-0.1, -0.05) is 42.5 Å². The van der Waals surface area contributed by atoms with Gasteiger partial charge in [-0.05, 0) is 37.1 Å². The van der Waals surface area contributed by atoms with Crippen LogP contribution >= 0.6 is 0 Å². The van der Waals surface area contributed by atoms with Crippen molar-refractivity contribution in [3.05, 3.63) is 54.4 Å². The van der Waals surface area contributed by atoms with Gasteiger partial charge in [0.2, 0.25) is 0 Å². The van der Waals surface area contributed by atoms with E-state index in [0.29, 0.717) is 6.54 Å². The Labute approximate surface area is 119 Å². The molecule has 0 saturated heterocycles.